The summed E-state index contributed by atoms with van der Waals surface area (Å²) in [6.45, 7) is 8.93. The Morgan fingerprint density at radius 2 is 2.26 bits per heavy atom. The Hall–Kier alpha value is -1.89. The predicted octanol–water partition coefficient (Wildman–Crippen LogP) is 1.81. The zero-order valence-corrected chi connectivity index (χ0v) is 17.2. The molecular formula is C21H28N4OS. The van der Waals surface area contributed by atoms with E-state index in [1.807, 2.05) is 23.6 Å². The Morgan fingerprint density at radius 1 is 1.37 bits per heavy atom. The molecule has 0 aromatic carbocycles. The van der Waals surface area contributed by atoms with E-state index in [1.54, 1.807) is 0 Å². The molecule has 144 valence electrons. The molecule has 1 unspecified atom stereocenters. The number of rotatable bonds is 5. The van der Waals surface area contributed by atoms with Crippen molar-refractivity contribution in [3.8, 4) is 0 Å². The minimum Gasteiger partial charge on any atom is -0.380 e. The average molecular weight is 385 g/mol. The van der Waals surface area contributed by atoms with Gasteiger partial charge in [0, 0.05) is 54.3 Å². The van der Waals surface area contributed by atoms with E-state index in [4.69, 9.17) is 9.72 Å². The summed E-state index contributed by atoms with van der Waals surface area (Å²) in [5, 5.41) is 6.92. The number of fused-ring (bicyclic) bond motifs is 2. The number of piperazine rings is 1. The smallest absolute Gasteiger partial charge is 0.102 e. The van der Waals surface area contributed by atoms with Crippen LogP contribution in [0.5, 0.6) is 0 Å². The van der Waals surface area contributed by atoms with Crippen molar-refractivity contribution in [2.45, 2.75) is 26.3 Å². The lowest BCUT2D eigenvalue weighted by atomic mass is 10.1. The fourth-order valence-electron chi connectivity index (χ4n) is 3.81. The number of nitrogens with one attached hydrogen (secondary N) is 1. The second-order valence-corrected chi connectivity index (χ2v) is 8.59. The van der Waals surface area contributed by atoms with Crippen LogP contribution < -0.4 is 15.9 Å². The van der Waals surface area contributed by atoms with Crippen LogP contribution in [-0.4, -0.2) is 60.7 Å². The van der Waals surface area contributed by atoms with E-state index in [-0.39, 0.29) is 0 Å². The van der Waals surface area contributed by atoms with Crippen LogP contribution in [0, 0.1) is 6.92 Å². The first-order chi connectivity index (χ1) is 13.2. The van der Waals surface area contributed by atoms with Gasteiger partial charge in [-0.25, -0.2) is 0 Å². The van der Waals surface area contributed by atoms with E-state index >= 15 is 0 Å². The largest absolute Gasteiger partial charge is 0.380 e. The summed E-state index contributed by atoms with van der Waals surface area (Å²) in [5.41, 5.74) is 2.52. The Labute approximate surface area is 165 Å². The number of hydrogen-bond acceptors (Lipinski definition) is 6. The number of aromatic nitrogens is 1. The average Bonchev–Trinajstić information content (AvgIpc) is 2.96. The van der Waals surface area contributed by atoms with Gasteiger partial charge in [-0.3, -0.25) is 9.88 Å². The van der Waals surface area contributed by atoms with Crippen LogP contribution in [0.4, 0.5) is 5.00 Å². The number of likely N-dealkylation sites (N-methyl/N-ethyl adjacent to an activating group) is 1. The second kappa shape index (κ2) is 8.00. The molecule has 1 fully saturated rings. The lowest BCUT2D eigenvalue weighted by Crippen LogP contribution is -2.54. The topological polar surface area (TPSA) is 40.6 Å². The van der Waals surface area contributed by atoms with E-state index in [0.29, 0.717) is 6.04 Å². The van der Waals surface area contributed by atoms with E-state index in [0.717, 1.165) is 49.8 Å². The molecule has 2 aliphatic rings. The second-order valence-electron chi connectivity index (χ2n) is 7.33. The van der Waals surface area contributed by atoms with Crippen molar-refractivity contribution in [2.75, 3.05) is 45.2 Å². The lowest BCUT2D eigenvalue weighted by molar-refractivity contribution is 0.0376. The summed E-state index contributed by atoms with van der Waals surface area (Å²) in [4.78, 5) is 11.0. The highest BCUT2D eigenvalue weighted by molar-refractivity contribution is 7.16. The lowest BCUT2D eigenvalue weighted by Gasteiger charge is -2.41. The molecule has 4 heterocycles. The van der Waals surface area contributed by atoms with Crippen molar-refractivity contribution in [1.82, 2.24) is 14.8 Å². The number of anilines is 1. The third-order valence-corrected chi connectivity index (χ3v) is 6.27. The zero-order valence-electron chi connectivity index (χ0n) is 16.4. The van der Waals surface area contributed by atoms with Gasteiger partial charge in [0.2, 0.25) is 0 Å². The SMILES string of the molecule is CCCOCC1CN(C2=c3ncccc3=CNc3sc(C)cc32)CCN1C. The molecule has 0 amide bonds. The number of aryl methyl sites for hydroxylation is 1. The summed E-state index contributed by atoms with van der Waals surface area (Å²) in [7, 11) is 2.21. The van der Waals surface area contributed by atoms with Crippen molar-refractivity contribution in [3.63, 3.8) is 0 Å². The van der Waals surface area contributed by atoms with Crippen LogP contribution in [0.2, 0.25) is 0 Å². The fourth-order valence-corrected chi connectivity index (χ4v) is 4.70. The predicted molar refractivity (Wildman–Crippen MR) is 112 cm³/mol. The number of pyridine rings is 1. The van der Waals surface area contributed by atoms with Crippen LogP contribution in [-0.2, 0) is 4.74 Å². The molecule has 1 atom stereocenters. The first-order valence-corrected chi connectivity index (χ1v) is 10.5. The molecule has 2 aliphatic heterocycles. The van der Waals surface area contributed by atoms with Crippen LogP contribution in [0.3, 0.4) is 0 Å². The minimum absolute atomic E-state index is 0.397. The maximum atomic E-state index is 5.89. The van der Waals surface area contributed by atoms with Crippen LogP contribution in [0.15, 0.2) is 24.4 Å². The number of ether oxygens (including phenoxy) is 1. The molecule has 1 N–H and O–H groups in total. The molecule has 4 rings (SSSR count). The number of hydrogen-bond donors (Lipinski definition) is 1. The molecule has 5 nitrogen and oxygen atoms in total. The summed E-state index contributed by atoms with van der Waals surface area (Å²) >= 11 is 1.81. The van der Waals surface area contributed by atoms with Gasteiger partial charge in [0.25, 0.3) is 0 Å². The maximum absolute atomic E-state index is 5.89. The molecular weight excluding hydrogens is 356 g/mol. The van der Waals surface area contributed by atoms with Gasteiger partial charge in [0.15, 0.2) is 0 Å². The Bertz CT molecular complexity index is 923. The van der Waals surface area contributed by atoms with Gasteiger partial charge >= 0.3 is 0 Å². The monoisotopic (exact) mass is 384 g/mol. The van der Waals surface area contributed by atoms with E-state index in [1.165, 1.54) is 21.1 Å². The van der Waals surface area contributed by atoms with Crippen LogP contribution in [0.1, 0.15) is 23.8 Å². The molecule has 0 spiro atoms. The molecule has 0 saturated carbocycles. The summed E-state index contributed by atoms with van der Waals surface area (Å²) in [5.74, 6) is 0. The van der Waals surface area contributed by atoms with E-state index in [9.17, 15) is 0 Å². The Balaban J connectivity index is 1.75. The zero-order chi connectivity index (χ0) is 18.8. The summed E-state index contributed by atoms with van der Waals surface area (Å²) < 4.78 is 5.89. The molecule has 2 aromatic rings. The molecule has 0 aliphatic carbocycles. The van der Waals surface area contributed by atoms with Gasteiger partial charge in [-0.05, 0) is 38.6 Å². The van der Waals surface area contributed by atoms with Crippen molar-refractivity contribution >= 4 is 28.2 Å². The van der Waals surface area contributed by atoms with Crippen LogP contribution in [0.25, 0.3) is 11.9 Å². The first-order valence-electron chi connectivity index (χ1n) is 9.73. The quantitative estimate of drug-likeness (QED) is 0.797. The summed E-state index contributed by atoms with van der Waals surface area (Å²) in [6, 6.07) is 6.83. The maximum Gasteiger partial charge on any atom is 0.102 e. The van der Waals surface area contributed by atoms with E-state index < -0.39 is 0 Å². The van der Waals surface area contributed by atoms with Gasteiger partial charge < -0.3 is 15.0 Å². The Morgan fingerprint density at radius 3 is 3.11 bits per heavy atom. The molecule has 0 radical (unpaired) electrons. The van der Waals surface area contributed by atoms with Crippen molar-refractivity contribution < 1.29 is 4.74 Å². The third-order valence-electron chi connectivity index (χ3n) is 5.28. The molecule has 6 heteroatoms. The van der Waals surface area contributed by atoms with Gasteiger partial charge in [0.05, 0.1) is 23.7 Å². The minimum atomic E-state index is 0.397. The fraction of sp³-hybridized carbons (Fsp3) is 0.476. The summed E-state index contributed by atoms with van der Waals surface area (Å²) in [6.07, 6.45) is 5.05. The molecule has 2 aromatic heterocycles. The molecule has 27 heavy (non-hydrogen) atoms. The van der Waals surface area contributed by atoms with Gasteiger partial charge in [-0.15, -0.1) is 11.3 Å². The highest BCUT2D eigenvalue weighted by atomic mass is 32.1. The molecule has 0 bridgehead atoms. The van der Waals surface area contributed by atoms with E-state index in [2.05, 4.69) is 54.3 Å². The highest BCUT2D eigenvalue weighted by Gasteiger charge is 2.29. The van der Waals surface area contributed by atoms with Crippen LogP contribution >= 0.6 is 11.3 Å². The van der Waals surface area contributed by atoms with Crippen molar-refractivity contribution in [1.29, 1.82) is 0 Å². The van der Waals surface area contributed by atoms with Crippen molar-refractivity contribution in [2.24, 2.45) is 0 Å². The number of nitrogens with zero attached hydrogens (tertiary/aromatic N) is 3. The Kier molecular flexibility index (Phi) is 5.48. The van der Waals surface area contributed by atoms with Gasteiger partial charge in [0.1, 0.15) is 5.00 Å². The molecule has 1 saturated heterocycles. The first kappa shape index (κ1) is 18.5. The van der Waals surface area contributed by atoms with Gasteiger partial charge in [-0.2, -0.15) is 0 Å². The standard InChI is InChI=1S/C21H28N4OS/c1-4-10-26-14-17-13-25(9-8-24(17)3)20-18-11-15(2)27-21(18)23-12-16-6-5-7-22-19(16)20/h5-7,11-12,17,23H,4,8-10,13-14H2,1-3H3. The van der Waals surface area contributed by atoms with Gasteiger partial charge in [-0.1, -0.05) is 6.92 Å². The highest BCUT2D eigenvalue weighted by Crippen LogP contribution is 2.34. The van der Waals surface area contributed by atoms with Crippen molar-refractivity contribution in [3.05, 3.63) is 45.4 Å². The normalized spacial score (nSPS) is 19.7. The third kappa shape index (κ3) is 3.74. The number of thiophene rings is 1.